The summed E-state index contributed by atoms with van der Waals surface area (Å²) in [5.74, 6) is 0.148. The molecule has 1 rings (SSSR count). The Kier molecular flexibility index (Phi) is 4.38. The molecule has 1 amide bonds. The molecular formula is C10H19BrN2O. The number of halogens is 1. The first kappa shape index (κ1) is 12.0. The van der Waals surface area contributed by atoms with Crippen LogP contribution in [0.3, 0.4) is 0 Å². The van der Waals surface area contributed by atoms with Gasteiger partial charge in [-0.3, -0.25) is 4.79 Å². The second kappa shape index (κ2) is 5.12. The highest BCUT2D eigenvalue weighted by molar-refractivity contribution is 9.09. The minimum atomic E-state index is 0.148. The zero-order valence-corrected chi connectivity index (χ0v) is 10.6. The van der Waals surface area contributed by atoms with Gasteiger partial charge in [-0.15, -0.1) is 0 Å². The monoisotopic (exact) mass is 262 g/mol. The smallest absolute Gasteiger partial charge is 0.220 e. The van der Waals surface area contributed by atoms with E-state index in [4.69, 9.17) is 0 Å². The maximum absolute atomic E-state index is 11.3. The van der Waals surface area contributed by atoms with E-state index >= 15 is 0 Å². The maximum atomic E-state index is 11.3. The van der Waals surface area contributed by atoms with E-state index in [9.17, 15) is 4.79 Å². The molecule has 0 atom stereocenters. The van der Waals surface area contributed by atoms with E-state index in [-0.39, 0.29) is 11.4 Å². The van der Waals surface area contributed by atoms with Crippen LogP contribution in [-0.2, 0) is 4.79 Å². The van der Waals surface area contributed by atoms with Crippen LogP contribution >= 0.6 is 15.9 Å². The van der Waals surface area contributed by atoms with Gasteiger partial charge in [0.1, 0.15) is 0 Å². The second-order valence-electron chi connectivity index (χ2n) is 4.19. The molecule has 0 heterocycles. The molecule has 0 unspecified atom stereocenters. The molecule has 4 heteroatoms. The van der Waals surface area contributed by atoms with Gasteiger partial charge in [-0.2, -0.15) is 0 Å². The number of nitrogens with zero attached hydrogens (tertiary/aromatic N) is 1. The normalized spacial score (nSPS) is 19.1. The van der Waals surface area contributed by atoms with E-state index in [0.29, 0.717) is 6.42 Å². The molecule has 1 aliphatic carbocycles. The highest BCUT2D eigenvalue weighted by Crippen LogP contribution is 2.35. The summed E-state index contributed by atoms with van der Waals surface area (Å²) in [5.41, 5.74) is 0.238. The Labute approximate surface area is 94.4 Å². The molecule has 1 saturated carbocycles. The van der Waals surface area contributed by atoms with Gasteiger partial charge in [0, 0.05) is 23.8 Å². The Bertz CT molecular complexity index is 202. The fourth-order valence-electron chi connectivity index (χ4n) is 1.80. The summed E-state index contributed by atoms with van der Waals surface area (Å²) in [5, 5.41) is 3.74. The highest BCUT2D eigenvalue weighted by Gasteiger charge is 2.38. The van der Waals surface area contributed by atoms with Crippen LogP contribution in [-0.4, -0.2) is 42.3 Å². The van der Waals surface area contributed by atoms with E-state index in [0.717, 1.165) is 11.9 Å². The summed E-state index contributed by atoms with van der Waals surface area (Å²) < 4.78 is 0. The SMILES string of the molecule is CN(C)C1(CNC(=O)CCBr)CCC1. The van der Waals surface area contributed by atoms with Crippen molar-refractivity contribution in [3.05, 3.63) is 0 Å². The summed E-state index contributed by atoms with van der Waals surface area (Å²) in [6, 6.07) is 0. The van der Waals surface area contributed by atoms with Crippen molar-refractivity contribution in [3.8, 4) is 0 Å². The van der Waals surface area contributed by atoms with Crippen LogP contribution in [0.5, 0.6) is 0 Å². The van der Waals surface area contributed by atoms with Crippen molar-refractivity contribution in [1.82, 2.24) is 10.2 Å². The largest absolute Gasteiger partial charge is 0.354 e. The average Bonchev–Trinajstić information content (AvgIpc) is 2.02. The predicted octanol–water partition coefficient (Wildman–Crippen LogP) is 1.37. The van der Waals surface area contributed by atoms with Gasteiger partial charge in [0.05, 0.1) is 0 Å². The Hall–Kier alpha value is -0.0900. The number of likely N-dealkylation sites (N-methyl/N-ethyl adjacent to an activating group) is 1. The third kappa shape index (κ3) is 2.70. The molecule has 0 aliphatic heterocycles. The van der Waals surface area contributed by atoms with Crippen LogP contribution in [0.4, 0.5) is 0 Å². The number of carbonyl (C=O) groups excluding carboxylic acids is 1. The summed E-state index contributed by atoms with van der Waals surface area (Å²) in [6.07, 6.45) is 4.26. The first-order valence-corrected chi connectivity index (χ1v) is 6.23. The molecule has 0 aromatic rings. The lowest BCUT2D eigenvalue weighted by Crippen LogP contribution is -2.57. The zero-order valence-electron chi connectivity index (χ0n) is 8.98. The fourth-order valence-corrected chi connectivity index (χ4v) is 2.16. The second-order valence-corrected chi connectivity index (χ2v) is 4.98. The molecule has 82 valence electrons. The van der Waals surface area contributed by atoms with Gasteiger partial charge in [-0.1, -0.05) is 15.9 Å². The van der Waals surface area contributed by atoms with E-state index in [1.165, 1.54) is 19.3 Å². The van der Waals surface area contributed by atoms with Crippen molar-refractivity contribution >= 4 is 21.8 Å². The van der Waals surface area contributed by atoms with Crippen molar-refractivity contribution in [3.63, 3.8) is 0 Å². The molecule has 0 radical (unpaired) electrons. The molecule has 0 bridgehead atoms. The lowest BCUT2D eigenvalue weighted by Gasteiger charge is -2.47. The number of nitrogens with one attached hydrogen (secondary N) is 1. The molecule has 1 N–H and O–H groups in total. The van der Waals surface area contributed by atoms with E-state index in [1.54, 1.807) is 0 Å². The van der Waals surface area contributed by atoms with Gasteiger partial charge in [-0.05, 0) is 33.4 Å². The molecule has 3 nitrogen and oxygen atoms in total. The van der Waals surface area contributed by atoms with Crippen LogP contribution in [0.25, 0.3) is 0 Å². The van der Waals surface area contributed by atoms with Crippen molar-refractivity contribution in [2.24, 2.45) is 0 Å². The Balaban J connectivity index is 2.31. The molecule has 0 spiro atoms. The van der Waals surface area contributed by atoms with Crippen molar-refractivity contribution < 1.29 is 4.79 Å². The quantitative estimate of drug-likeness (QED) is 0.760. The molecule has 0 aromatic heterocycles. The van der Waals surface area contributed by atoms with Gasteiger partial charge in [0.15, 0.2) is 0 Å². The lowest BCUT2D eigenvalue weighted by molar-refractivity contribution is -0.121. The fraction of sp³-hybridized carbons (Fsp3) is 0.900. The van der Waals surface area contributed by atoms with Crippen molar-refractivity contribution in [1.29, 1.82) is 0 Å². The Morgan fingerprint density at radius 3 is 2.50 bits per heavy atom. The minimum Gasteiger partial charge on any atom is -0.354 e. The number of amides is 1. The minimum absolute atomic E-state index is 0.148. The van der Waals surface area contributed by atoms with E-state index in [1.807, 2.05) is 0 Å². The number of hydrogen-bond donors (Lipinski definition) is 1. The van der Waals surface area contributed by atoms with Gasteiger partial charge in [-0.25, -0.2) is 0 Å². The lowest BCUT2D eigenvalue weighted by atomic mass is 9.75. The molecular weight excluding hydrogens is 244 g/mol. The molecule has 0 aromatic carbocycles. The number of rotatable bonds is 5. The van der Waals surface area contributed by atoms with Gasteiger partial charge in [0.25, 0.3) is 0 Å². The standard InChI is InChI=1S/C10H19BrN2O/c1-13(2)10(5-3-6-10)8-12-9(14)4-7-11/h3-8H2,1-2H3,(H,12,14). The Morgan fingerprint density at radius 2 is 2.14 bits per heavy atom. The average molecular weight is 263 g/mol. The van der Waals surface area contributed by atoms with Crippen LogP contribution in [0.2, 0.25) is 0 Å². The molecule has 14 heavy (non-hydrogen) atoms. The first-order chi connectivity index (χ1) is 6.60. The summed E-state index contributed by atoms with van der Waals surface area (Å²) in [4.78, 5) is 13.5. The van der Waals surface area contributed by atoms with E-state index in [2.05, 4.69) is 40.2 Å². The molecule has 1 aliphatic rings. The van der Waals surface area contributed by atoms with Crippen molar-refractivity contribution in [2.45, 2.75) is 31.2 Å². The van der Waals surface area contributed by atoms with Crippen LogP contribution in [0, 0.1) is 0 Å². The van der Waals surface area contributed by atoms with Crippen molar-refractivity contribution in [2.75, 3.05) is 26.0 Å². The third-order valence-electron chi connectivity index (χ3n) is 3.17. The topological polar surface area (TPSA) is 32.3 Å². The van der Waals surface area contributed by atoms with E-state index < -0.39 is 0 Å². The molecule has 0 saturated heterocycles. The van der Waals surface area contributed by atoms with Gasteiger partial charge < -0.3 is 10.2 Å². The number of alkyl halides is 1. The first-order valence-electron chi connectivity index (χ1n) is 5.11. The predicted molar refractivity (Wildman–Crippen MR) is 61.7 cm³/mol. The van der Waals surface area contributed by atoms with Gasteiger partial charge >= 0.3 is 0 Å². The van der Waals surface area contributed by atoms with Gasteiger partial charge in [0.2, 0.25) is 5.91 Å². The maximum Gasteiger partial charge on any atom is 0.220 e. The van der Waals surface area contributed by atoms with Crippen LogP contribution < -0.4 is 5.32 Å². The van der Waals surface area contributed by atoms with Crippen LogP contribution in [0.1, 0.15) is 25.7 Å². The number of hydrogen-bond acceptors (Lipinski definition) is 2. The zero-order chi connectivity index (χ0) is 10.6. The molecule has 1 fully saturated rings. The summed E-state index contributed by atoms with van der Waals surface area (Å²) >= 11 is 3.26. The highest BCUT2D eigenvalue weighted by atomic mass is 79.9. The summed E-state index contributed by atoms with van der Waals surface area (Å²) in [7, 11) is 4.19. The third-order valence-corrected chi connectivity index (χ3v) is 3.57. The summed E-state index contributed by atoms with van der Waals surface area (Å²) in [6.45, 7) is 0.797. The Morgan fingerprint density at radius 1 is 1.50 bits per heavy atom. The number of carbonyl (C=O) groups is 1. The van der Waals surface area contributed by atoms with Crippen LogP contribution in [0.15, 0.2) is 0 Å².